The first-order chi connectivity index (χ1) is 9.22. The van der Waals surface area contributed by atoms with Crippen LogP contribution in [0.25, 0.3) is 0 Å². The molecule has 2 N–H and O–H groups in total. The number of benzene rings is 1. The Morgan fingerprint density at radius 3 is 2.74 bits per heavy atom. The first kappa shape index (κ1) is 14.3. The van der Waals surface area contributed by atoms with Crippen molar-refractivity contribution in [2.24, 2.45) is 5.73 Å². The van der Waals surface area contributed by atoms with Gasteiger partial charge in [0.1, 0.15) is 11.6 Å². The third kappa shape index (κ3) is 3.67. The second-order valence-electron chi connectivity index (χ2n) is 5.15. The van der Waals surface area contributed by atoms with Crippen molar-refractivity contribution in [2.75, 3.05) is 26.7 Å². The summed E-state index contributed by atoms with van der Waals surface area (Å²) in [6.07, 6.45) is 4.61. The zero-order chi connectivity index (χ0) is 13.7. The van der Waals surface area contributed by atoms with E-state index >= 15 is 0 Å². The van der Waals surface area contributed by atoms with Gasteiger partial charge in [-0.25, -0.2) is 4.39 Å². The van der Waals surface area contributed by atoms with Gasteiger partial charge in [-0.1, -0.05) is 12.5 Å². The van der Waals surface area contributed by atoms with Crippen molar-refractivity contribution in [2.45, 2.75) is 31.7 Å². The number of halogens is 1. The van der Waals surface area contributed by atoms with Crippen molar-refractivity contribution in [3.63, 3.8) is 0 Å². The highest BCUT2D eigenvalue weighted by Gasteiger charge is 2.18. The van der Waals surface area contributed by atoms with Gasteiger partial charge in [0.2, 0.25) is 0 Å². The van der Waals surface area contributed by atoms with Crippen molar-refractivity contribution < 1.29 is 9.13 Å². The van der Waals surface area contributed by atoms with E-state index in [0.717, 1.165) is 26.1 Å². The van der Waals surface area contributed by atoms with Crippen LogP contribution < -0.4 is 10.5 Å². The van der Waals surface area contributed by atoms with Crippen molar-refractivity contribution in [3.8, 4) is 5.75 Å². The average molecular weight is 266 g/mol. The second-order valence-corrected chi connectivity index (χ2v) is 5.15. The van der Waals surface area contributed by atoms with Gasteiger partial charge in [0.05, 0.1) is 7.11 Å². The lowest BCUT2D eigenvalue weighted by atomic mass is 10.0. The Hall–Kier alpha value is -1.13. The molecule has 1 atom stereocenters. The van der Waals surface area contributed by atoms with Gasteiger partial charge < -0.3 is 15.4 Å². The third-order valence-corrected chi connectivity index (χ3v) is 3.81. The van der Waals surface area contributed by atoms with Crippen molar-refractivity contribution in [3.05, 3.63) is 29.6 Å². The van der Waals surface area contributed by atoms with Gasteiger partial charge >= 0.3 is 0 Å². The molecule has 1 heterocycles. The number of nitrogens with zero attached hydrogens (tertiary/aromatic N) is 1. The molecule has 3 nitrogen and oxygen atoms in total. The smallest absolute Gasteiger partial charge is 0.131 e. The normalized spacial score (nSPS) is 18.3. The van der Waals surface area contributed by atoms with Crippen LogP contribution in [0.5, 0.6) is 5.75 Å². The van der Waals surface area contributed by atoms with E-state index in [1.54, 1.807) is 19.2 Å². The van der Waals surface area contributed by atoms with Crippen molar-refractivity contribution >= 4 is 0 Å². The molecule has 106 valence electrons. The number of methoxy groups -OCH3 is 1. The highest BCUT2D eigenvalue weighted by Crippen LogP contribution is 2.28. The Morgan fingerprint density at radius 1 is 1.32 bits per heavy atom. The van der Waals surface area contributed by atoms with E-state index in [9.17, 15) is 4.39 Å². The topological polar surface area (TPSA) is 38.5 Å². The monoisotopic (exact) mass is 266 g/mol. The van der Waals surface area contributed by atoms with Crippen LogP contribution in [0.2, 0.25) is 0 Å². The number of nitrogens with two attached hydrogens (primary N) is 1. The molecule has 0 spiro atoms. The average Bonchev–Trinajstić information content (AvgIpc) is 2.45. The predicted molar refractivity (Wildman–Crippen MR) is 74.8 cm³/mol. The molecule has 1 aromatic carbocycles. The highest BCUT2D eigenvalue weighted by atomic mass is 19.1. The number of likely N-dealkylation sites (tertiary alicyclic amines) is 1. The molecule has 1 aromatic rings. The molecule has 0 amide bonds. The number of rotatable bonds is 5. The number of ether oxygens (including phenoxy) is 1. The molecule has 1 aliphatic rings. The lowest BCUT2D eigenvalue weighted by Crippen LogP contribution is -2.32. The standard InChI is InChI=1S/C15H23FN2O/c1-19-14-7-5-6-12(16)15(14)13(17)8-11-18-9-3-2-4-10-18/h5-7,13H,2-4,8-11,17H2,1H3. The first-order valence-electron chi connectivity index (χ1n) is 7.02. The van der Waals surface area contributed by atoms with Gasteiger partial charge in [0, 0.05) is 11.6 Å². The van der Waals surface area contributed by atoms with Crippen LogP contribution in [-0.4, -0.2) is 31.6 Å². The number of piperidine rings is 1. The van der Waals surface area contributed by atoms with E-state index in [1.165, 1.54) is 25.3 Å². The zero-order valence-corrected chi connectivity index (χ0v) is 11.6. The lowest BCUT2D eigenvalue weighted by Gasteiger charge is -2.27. The summed E-state index contributed by atoms with van der Waals surface area (Å²) >= 11 is 0. The minimum atomic E-state index is -0.307. The van der Waals surface area contributed by atoms with Gasteiger partial charge in [-0.2, -0.15) is 0 Å². The van der Waals surface area contributed by atoms with Gasteiger partial charge in [0.25, 0.3) is 0 Å². The molecular formula is C15H23FN2O. The van der Waals surface area contributed by atoms with Crippen LogP contribution in [0.1, 0.15) is 37.3 Å². The maximum atomic E-state index is 13.9. The van der Waals surface area contributed by atoms with Gasteiger partial charge in [-0.15, -0.1) is 0 Å². The summed E-state index contributed by atoms with van der Waals surface area (Å²) < 4.78 is 19.1. The van der Waals surface area contributed by atoms with E-state index in [2.05, 4.69) is 4.90 Å². The van der Waals surface area contributed by atoms with E-state index in [1.807, 2.05) is 0 Å². The summed E-state index contributed by atoms with van der Waals surface area (Å²) in [7, 11) is 1.55. The lowest BCUT2D eigenvalue weighted by molar-refractivity contribution is 0.220. The van der Waals surface area contributed by atoms with Crippen LogP contribution in [0, 0.1) is 5.82 Å². The molecule has 0 saturated carbocycles. The number of hydrogen-bond donors (Lipinski definition) is 1. The summed E-state index contributed by atoms with van der Waals surface area (Å²) in [4.78, 5) is 2.41. The molecule has 1 aliphatic heterocycles. The van der Waals surface area contributed by atoms with Gasteiger partial charge in [-0.05, 0) is 51.0 Å². The Labute approximate surface area is 114 Å². The summed E-state index contributed by atoms with van der Waals surface area (Å²) in [6, 6.07) is 4.55. The first-order valence-corrected chi connectivity index (χ1v) is 7.02. The van der Waals surface area contributed by atoms with Crippen molar-refractivity contribution in [1.82, 2.24) is 4.90 Å². The maximum Gasteiger partial charge on any atom is 0.131 e. The fourth-order valence-corrected chi connectivity index (χ4v) is 2.70. The van der Waals surface area contributed by atoms with Crippen LogP contribution in [0.15, 0.2) is 18.2 Å². The summed E-state index contributed by atoms with van der Waals surface area (Å²) in [5, 5.41) is 0. The second kappa shape index (κ2) is 6.87. The minimum Gasteiger partial charge on any atom is -0.496 e. The maximum absolute atomic E-state index is 13.9. The zero-order valence-electron chi connectivity index (χ0n) is 11.6. The van der Waals surface area contributed by atoms with E-state index in [-0.39, 0.29) is 11.9 Å². The molecule has 19 heavy (non-hydrogen) atoms. The van der Waals surface area contributed by atoms with Crippen LogP contribution in [0.3, 0.4) is 0 Å². The third-order valence-electron chi connectivity index (χ3n) is 3.81. The van der Waals surface area contributed by atoms with Crippen LogP contribution in [-0.2, 0) is 0 Å². The fraction of sp³-hybridized carbons (Fsp3) is 0.600. The summed E-state index contributed by atoms with van der Waals surface area (Å²) in [5.41, 5.74) is 6.64. The quantitative estimate of drug-likeness (QED) is 0.890. The van der Waals surface area contributed by atoms with Gasteiger partial charge in [-0.3, -0.25) is 0 Å². The Bertz CT molecular complexity index is 405. The Balaban J connectivity index is 1.97. The molecule has 0 radical (unpaired) electrons. The largest absolute Gasteiger partial charge is 0.496 e. The Kier molecular flexibility index (Phi) is 5.16. The molecule has 0 bridgehead atoms. The fourth-order valence-electron chi connectivity index (χ4n) is 2.70. The highest BCUT2D eigenvalue weighted by molar-refractivity contribution is 5.37. The van der Waals surface area contributed by atoms with Gasteiger partial charge in [0.15, 0.2) is 0 Å². The van der Waals surface area contributed by atoms with E-state index in [0.29, 0.717) is 11.3 Å². The number of hydrogen-bond acceptors (Lipinski definition) is 3. The summed E-state index contributed by atoms with van der Waals surface area (Å²) in [5.74, 6) is 0.275. The molecule has 1 unspecified atom stereocenters. The molecule has 0 aliphatic carbocycles. The molecule has 2 rings (SSSR count). The molecule has 1 saturated heterocycles. The molecular weight excluding hydrogens is 243 g/mol. The summed E-state index contributed by atoms with van der Waals surface area (Å²) in [6.45, 7) is 3.21. The molecule has 0 aromatic heterocycles. The Morgan fingerprint density at radius 2 is 2.05 bits per heavy atom. The molecule has 4 heteroatoms. The predicted octanol–water partition coefficient (Wildman–Crippen LogP) is 2.71. The van der Waals surface area contributed by atoms with Crippen LogP contribution in [0.4, 0.5) is 4.39 Å². The molecule has 1 fully saturated rings. The van der Waals surface area contributed by atoms with E-state index < -0.39 is 0 Å². The van der Waals surface area contributed by atoms with E-state index in [4.69, 9.17) is 10.5 Å². The van der Waals surface area contributed by atoms with Crippen molar-refractivity contribution in [1.29, 1.82) is 0 Å². The minimum absolute atomic E-state index is 0.273. The van der Waals surface area contributed by atoms with Crippen LogP contribution >= 0.6 is 0 Å². The SMILES string of the molecule is COc1cccc(F)c1C(N)CCN1CCCCC1.